The maximum atomic E-state index is 11.5. The molecule has 0 aromatic carbocycles. The Hall–Kier alpha value is 0.110. The lowest BCUT2D eigenvalue weighted by molar-refractivity contribution is 0.592. The second kappa shape index (κ2) is 4.54. The monoisotopic (exact) mass is 309 g/mol. The Kier molecular flexibility index (Phi) is 3.99. The van der Waals surface area contributed by atoms with Gasteiger partial charge in [0.2, 0.25) is 23.2 Å². The smallest absolute Gasteiger partial charge is 0.221 e. The van der Waals surface area contributed by atoms with Crippen molar-refractivity contribution in [1.29, 1.82) is 0 Å². The van der Waals surface area contributed by atoms with Gasteiger partial charge in [0.25, 0.3) is 0 Å². The van der Waals surface area contributed by atoms with E-state index in [1.54, 1.807) is 0 Å². The molecule has 15 heavy (non-hydrogen) atoms. The number of aromatic nitrogens is 1. The molecule has 5 nitrogen and oxygen atoms in total. The highest BCUT2D eigenvalue weighted by atomic mass is 35.7. The lowest BCUT2D eigenvalue weighted by Gasteiger charge is -1.97. The Balaban J connectivity index is 2.86. The van der Waals surface area contributed by atoms with Gasteiger partial charge in [-0.05, 0) is 0 Å². The van der Waals surface area contributed by atoms with E-state index in [2.05, 4.69) is 4.98 Å². The summed E-state index contributed by atoms with van der Waals surface area (Å²) in [6.45, 7) is 0. The van der Waals surface area contributed by atoms with E-state index in [4.69, 9.17) is 22.3 Å². The normalized spacial score (nSPS) is 12.9. The molecule has 1 rings (SSSR count). The number of halogens is 2. The molecule has 0 aliphatic heterocycles. The standard InChI is InChI=1S/C5H5Cl2NO4S3/c6-4-3-13-5(8-4)14(9,10)1-2-15(7,11)12/h3H,1-2H2. The summed E-state index contributed by atoms with van der Waals surface area (Å²) in [6, 6.07) is 0. The summed E-state index contributed by atoms with van der Waals surface area (Å²) in [7, 11) is -2.64. The molecule has 0 saturated heterocycles. The fourth-order valence-corrected chi connectivity index (χ4v) is 5.03. The zero-order valence-electron chi connectivity index (χ0n) is 7.05. The van der Waals surface area contributed by atoms with Crippen molar-refractivity contribution in [2.24, 2.45) is 0 Å². The van der Waals surface area contributed by atoms with Crippen LogP contribution in [0.1, 0.15) is 0 Å². The molecule has 0 aliphatic rings. The van der Waals surface area contributed by atoms with Gasteiger partial charge in [-0.3, -0.25) is 0 Å². The highest BCUT2D eigenvalue weighted by Crippen LogP contribution is 2.20. The highest BCUT2D eigenvalue weighted by Gasteiger charge is 2.21. The number of sulfone groups is 1. The minimum atomic E-state index is -3.82. The SMILES string of the molecule is O=S(=O)(Cl)CCS(=O)(=O)c1nc(Cl)cs1. The van der Waals surface area contributed by atoms with Crippen molar-refractivity contribution in [3.63, 3.8) is 0 Å². The first-order valence-electron chi connectivity index (χ1n) is 3.47. The molecule has 0 unspecified atom stereocenters. The molecule has 0 aliphatic carbocycles. The van der Waals surface area contributed by atoms with Gasteiger partial charge in [0.15, 0.2) is 0 Å². The van der Waals surface area contributed by atoms with Crippen LogP contribution in [0.25, 0.3) is 0 Å². The molecule has 0 radical (unpaired) electrons. The Morgan fingerprint density at radius 3 is 2.27 bits per heavy atom. The van der Waals surface area contributed by atoms with Crippen molar-refractivity contribution in [2.45, 2.75) is 4.34 Å². The van der Waals surface area contributed by atoms with Crippen molar-refractivity contribution in [2.75, 3.05) is 11.5 Å². The van der Waals surface area contributed by atoms with Crippen molar-refractivity contribution in [3.05, 3.63) is 10.5 Å². The van der Waals surface area contributed by atoms with Gasteiger partial charge < -0.3 is 0 Å². The van der Waals surface area contributed by atoms with Crippen LogP contribution in [-0.4, -0.2) is 33.3 Å². The minimum absolute atomic E-state index is 0.0623. The van der Waals surface area contributed by atoms with Crippen LogP contribution in [0.2, 0.25) is 5.15 Å². The van der Waals surface area contributed by atoms with E-state index in [9.17, 15) is 16.8 Å². The number of hydrogen-bond acceptors (Lipinski definition) is 6. The average Bonchev–Trinajstić information content (AvgIpc) is 2.48. The summed E-state index contributed by atoms with van der Waals surface area (Å²) in [6.07, 6.45) is 0. The zero-order chi connectivity index (χ0) is 11.7. The minimum Gasteiger partial charge on any atom is -0.221 e. The molecule has 10 heteroatoms. The average molecular weight is 310 g/mol. The second-order valence-corrected chi connectivity index (χ2v) is 8.92. The third-order valence-corrected chi connectivity index (χ3v) is 6.10. The van der Waals surface area contributed by atoms with E-state index in [1.165, 1.54) is 5.38 Å². The molecular weight excluding hydrogens is 305 g/mol. The van der Waals surface area contributed by atoms with E-state index < -0.39 is 30.4 Å². The van der Waals surface area contributed by atoms with Crippen LogP contribution in [0.5, 0.6) is 0 Å². The number of thiazole rings is 1. The first-order valence-corrected chi connectivity index (χ1v) is 8.86. The quantitative estimate of drug-likeness (QED) is 0.779. The third kappa shape index (κ3) is 4.23. The van der Waals surface area contributed by atoms with Gasteiger partial charge in [0.05, 0.1) is 11.5 Å². The maximum Gasteiger partial charge on any atom is 0.233 e. The van der Waals surface area contributed by atoms with Crippen LogP contribution < -0.4 is 0 Å². The van der Waals surface area contributed by atoms with Gasteiger partial charge >= 0.3 is 0 Å². The lowest BCUT2D eigenvalue weighted by atomic mass is 11.0. The Morgan fingerprint density at radius 2 is 1.87 bits per heavy atom. The highest BCUT2D eigenvalue weighted by molar-refractivity contribution is 8.14. The Morgan fingerprint density at radius 1 is 1.27 bits per heavy atom. The van der Waals surface area contributed by atoms with Gasteiger partial charge in [0.1, 0.15) is 5.15 Å². The van der Waals surface area contributed by atoms with Crippen LogP contribution in [-0.2, 0) is 18.9 Å². The van der Waals surface area contributed by atoms with Crippen molar-refractivity contribution in [3.8, 4) is 0 Å². The Bertz CT molecular complexity index is 547. The van der Waals surface area contributed by atoms with Crippen LogP contribution in [0.4, 0.5) is 0 Å². The van der Waals surface area contributed by atoms with E-state index in [0.717, 1.165) is 11.3 Å². The molecule has 0 saturated carbocycles. The molecule has 0 fully saturated rings. The van der Waals surface area contributed by atoms with Gasteiger partial charge in [-0.1, -0.05) is 11.6 Å². The molecule has 0 N–H and O–H groups in total. The van der Waals surface area contributed by atoms with Crippen molar-refractivity contribution >= 4 is 52.5 Å². The van der Waals surface area contributed by atoms with Gasteiger partial charge in [0, 0.05) is 16.1 Å². The summed E-state index contributed by atoms with van der Waals surface area (Å²) in [4.78, 5) is 3.54. The molecule has 1 aromatic heterocycles. The molecule has 0 atom stereocenters. The topological polar surface area (TPSA) is 81.2 Å². The van der Waals surface area contributed by atoms with Crippen molar-refractivity contribution < 1.29 is 16.8 Å². The lowest BCUT2D eigenvalue weighted by Crippen LogP contribution is -2.13. The summed E-state index contributed by atoms with van der Waals surface area (Å²) in [5, 5.41) is 1.41. The zero-order valence-corrected chi connectivity index (χ0v) is 11.0. The summed E-state index contributed by atoms with van der Waals surface area (Å²) < 4.78 is 43.9. The largest absolute Gasteiger partial charge is 0.233 e. The summed E-state index contributed by atoms with van der Waals surface area (Å²) in [5.41, 5.74) is 0. The maximum absolute atomic E-state index is 11.5. The molecular formula is C5H5Cl2NO4S3. The van der Waals surface area contributed by atoms with E-state index in [-0.39, 0.29) is 9.49 Å². The summed E-state index contributed by atoms with van der Waals surface area (Å²) >= 11 is 6.29. The molecule has 1 aromatic rings. The predicted molar refractivity (Wildman–Crippen MR) is 58.8 cm³/mol. The predicted octanol–water partition coefficient (Wildman–Crippen LogP) is 1.14. The second-order valence-electron chi connectivity index (χ2n) is 2.50. The van der Waals surface area contributed by atoms with Gasteiger partial charge in [-0.15, -0.1) is 11.3 Å². The summed E-state index contributed by atoms with van der Waals surface area (Å²) in [5.74, 6) is -1.24. The van der Waals surface area contributed by atoms with Gasteiger partial charge in [-0.2, -0.15) is 0 Å². The van der Waals surface area contributed by atoms with Crippen LogP contribution in [0.3, 0.4) is 0 Å². The number of nitrogens with zero attached hydrogens (tertiary/aromatic N) is 1. The number of hydrogen-bond donors (Lipinski definition) is 0. The van der Waals surface area contributed by atoms with Crippen LogP contribution >= 0.6 is 33.6 Å². The molecule has 86 valence electrons. The molecule has 0 amide bonds. The first kappa shape index (κ1) is 13.2. The van der Waals surface area contributed by atoms with E-state index >= 15 is 0 Å². The molecule has 1 heterocycles. The fourth-order valence-electron chi connectivity index (χ4n) is 0.678. The van der Waals surface area contributed by atoms with Crippen LogP contribution in [0.15, 0.2) is 9.72 Å². The third-order valence-electron chi connectivity index (χ3n) is 1.32. The fraction of sp³-hybridized carbons (Fsp3) is 0.400. The van der Waals surface area contributed by atoms with Crippen LogP contribution in [0, 0.1) is 0 Å². The number of rotatable bonds is 4. The van der Waals surface area contributed by atoms with E-state index in [0.29, 0.717) is 0 Å². The van der Waals surface area contributed by atoms with Crippen molar-refractivity contribution in [1.82, 2.24) is 4.98 Å². The molecule has 0 spiro atoms. The Labute approximate surface area is 100 Å². The first-order chi connectivity index (χ1) is 6.71. The molecule has 0 bridgehead atoms. The van der Waals surface area contributed by atoms with Gasteiger partial charge in [-0.25, -0.2) is 21.8 Å². The van der Waals surface area contributed by atoms with E-state index in [1.807, 2.05) is 0 Å².